The molecule has 0 unspecified atom stereocenters. The zero-order chi connectivity index (χ0) is 21.4. The van der Waals surface area contributed by atoms with E-state index in [4.69, 9.17) is 12.2 Å². The minimum absolute atomic E-state index is 0.0268. The lowest BCUT2D eigenvalue weighted by atomic mass is 10.2. The van der Waals surface area contributed by atoms with Crippen LogP contribution in [0.1, 0.15) is 17.0 Å². The highest BCUT2D eigenvalue weighted by atomic mass is 32.2. The van der Waals surface area contributed by atoms with Gasteiger partial charge in [-0.3, -0.25) is 24.8 Å². The van der Waals surface area contributed by atoms with Crippen molar-refractivity contribution in [3.63, 3.8) is 0 Å². The van der Waals surface area contributed by atoms with Crippen LogP contribution in [0, 0.1) is 24.0 Å². The molecule has 0 radical (unpaired) electrons. The topological polar surface area (TPSA) is 81.3 Å². The van der Waals surface area contributed by atoms with Crippen molar-refractivity contribution < 1.29 is 9.72 Å². The van der Waals surface area contributed by atoms with Crippen molar-refractivity contribution in [1.82, 2.24) is 9.55 Å². The van der Waals surface area contributed by atoms with E-state index < -0.39 is 4.92 Å². The maximum Gasteiger partial charge on any atom is 0.271 e. The van der Waals surface area contributed by atoms with E-state index >= 15 is 0 Å². The Morgan fingerprint density at radius 1 is 1.17 bits per heavy atom. The summed E-state index contributed by atoms with van der Waals surface area (Å²) in [6, 6.07) is 12.0. The van der Waals surface area contributed by atoms with E-state index in [0.29, 0.717) is 20.6 Å². The van der Waals surface area contributed by atoms with Gasteiger partial charge < -0.3 is 4.57 Å². The van der Waals surface area contributed by atoms with Crippen LogP contribution in [0.4, 0.5) is 11.4 Å². The van der Waals surface area contributed by atoms with E-state index in [9.17, 15) is 14.9 Å². The van der Waals surface area contributed by atoms with Crippen molar-refractivity contribution in [2.75, 3.05) is 4.90 Å². The summed E-state index contributed by atoms with van der Waals surface area (Å²) in [5, 5.41) is 11.1. The highest BCUT2D eigenvalue weighted by molar-refractivity contribution is 8.27. The van der Waals surface area contributed by atoms with Gasteiger partial charge in [-0.1, -0.05) is 30.0 Å². The number of non-ortho nitro benzene ring substituents is 1. The molecule has 1 saturated heterocycles. The Kier molecular flexibility index (Phi) is 5.23. The summed E-state index contributed by atoms with van der Waals surface area (Å²) in [7, 11) is 0. The third-order valence-corrected chi connectivity index (χ3v) is 6.06. The number of pyridine rings is 1. The lowest BCUT2D eigenvalue weighted by Gasteiger charge is -2.13. The molecule has 0 N–H and O–H groups in total. The number of thioether (sulfide) groups is 1. The third kappa shape index (κ3) is 3.53. The number of hydrogen-bond acceptors (Lipinski definition) is 6. The van der Waals surface area contributed by atoms with Gasteiger partial charge >= 0.3 is 0 Å². The van der Waals surface area contributed by atoms with Gasteiger partial charge in [0.15, 0.2) is 4.32 Å². The van der Waals surface area contributed by atoms with Gasteiger partial charge in [-0.25, -0.2) is 0 Å². The Balaban J connectivity index is 1.71. The number of carbonyl (C=O) groups excluding carboxylic acids is 1. The number of benzene rings is 1. The molecule has 1 aliphatic heterocycles. The molecule has 0 saturated carbocycles. The second-order valence-electron chi connectivity index (χ2n) is 6.67. The number of aryl methyl sites for hydroxylation is 1. The van der Waals surface area contributed by atoms with Crippen LogP contribution in [0.2, 0.25) is 0 Å². The van der Waals surface area contributed by atoms with Crippen molar-refractivity contribution in [3.8, 4) is 5.69 Å². The van der Waals surface area contributed by atoms with Crippen molar-refractivity contribution >= 4 is 51.7 Å². The number of nitrogens with zero attached hydrogens (tertiary/aromatic N) is 4. The average molecular weight is 437 g/mol. The largest absolute Gasteiger partial charge is 0.318 e. The summed E-state index contributed by atoms with van der Waals surface area (Å²) < 4.78 is 2.38. The minimum atomic E-state index is -0.414. The molecule has 1 aromatic carbocycles. The molecule has 9 heteroatoms. The molecule has 1 amide bonds. The third-order valence-electron chi connectivity index (χ3n) is 4.75. The zero-order valence-electron chi connectivity index (χ0n) is 16.1. The first-order valence-corrected chi connectivity index (χ1v) is 10.2. The van der Waals surface area contributed by atoms with Crippen molar-refractivity contribution in [1.29, 1.82) is 0 Å². The van der Waals surface area contributed by atoms with Gasteiger partial charge in [-0.15, -0.1) is 0 Å². The van der Waals surface area contributed by atoms with Gasteiger partial charge in [0, 0.05) is 29.7 Å². The highest BCUT2D eigenvalue weighted by Gasteiger charge is 2.33. The molecule has 0 atom stereocenters. The molecule has 0 bridgehead atoms. The number of anilines is 1. The second kappa shape index (κ2) is 7.85. The fourth-order valence-electron chi connectivity index (χ4n) is 3.39. The molecule has 1 fully saturated rings. The molecule has 0 aliphatic carbocycles. The Labute approximate surface area is 182 Å². The van der Waals surface area contributed by atoms with Crippen LogP contribution in [-0.4, -0.2) is 24.7 Å². The molecule has 7 nitrogen and oxygen atoms in total. The number of nitro benzene ring substituents is 1. The summed E-state index contributed by atoms with van der Waals surface area (Å²) in [5.41, 5.74) is 3.98. The second-order valence-corrected chi connectivity index (χ2v) is 8.34. The number of hydrogen-bond donors (Lipinski definition) is 0. The number of amides is 1. The fraction of sp³-hybridized carbons (Fsp3) is 0.0952. The van der Waals surface area contributed by atoms with E-state index in [1.165, 1.54) is 28.8 Å². The number of aromatic nitrogens is 2. The highest BCUT2D eigenvalue weighted by Crippen LogP contribution is 2.36. The quantitative estimate of drug-likeness (QED) is 0.253. The van der Waals surface area contributed by atoms with Crippen LogP contribution in [0.3, 0.4) is 0 Å². The SMILES string of the molecule is Cc1cc(C=C2SC(=S)N(c3cccnc3)C2=O)c(C)n1-c1cccc([N+](=O)[O-])c1. The molecular formula is C21H16N4O3S2. The van der Waals surface area contributed by atoms with Crippen LogP contribution in [0.5, 0.6) is 0 Å². The van der Waals surface area contributed by atoms with Crippen LogP contribution in [0.15, 0.2) is 59.8 Å². The van der Waals surface area contributed by atoms with Gasteiger partial charge in [0.05, 0.1) is 27.4 Å². The van der Waals surface area contributed by atoms with E-state index in [2.05, 4.69) is 4.98 Å². The Morgan fingerprint density at radius 3 is 2.63 bits per heavy atom. The standard InChI is InChI=1S/C21H16N4O3S2/c1-13-9-15(14(2)23(13)16-5-3-6-17(11-16)25(27)28)10-19-20(26)24(21(29)30-19)18-7-4-8-22-12-18/h3-12H,1-2H3. The van der Waals surface area contributed by atoms with Crippen LogP contribution >= 0.6 is 24.0 Å². The number of carbonyl (C=O) groups is 1. The number of thiocarbonyl (C=S) groups is 1. The lowest BCUT2D eigenvalue weighted by molar-refractivity contribution is -0.384. The molecule has 3 heterocycles. The molecule has 0 spiro atoms. The maximum atomic E-state index is 13.0. The molecule has 2 aromatic heterocycles. The van der Waals surface area contributed by atoms with Gasteiger partial charge in [-0.2, -0.15) is 0 Å². The Hall–Kier alpha value is -3.30. The fourth-order valence-corrected chi connectivity index (χ4v) is 4.68. The average Bonchev–Trinajstić information content (AvgIpc) is 3.17. The normalized spacial score (nSPS) is 15.3. The molecule has 4 rings (SSSR count). The Morgan fingerprint density at radius 2 is 1.93 bits per heavy atom. The maximum absolute atomic E-state index is 13.0. The molecule has 30 heavy (non-hydrogen) atoms. The monoisotopic (exact) mass is 436 g/mol. The molecular weight excluding hydrogens is 420 g/mol. The van der Waals surface area contributed by atoms with Gasteiger partial charge in [0.1, 0.15) is 0 Å². The number of nitro groups is 1. The van der Waals surface area contributed by atoms with Crippen LogP contribution < -0.4 is 4.90 Å². The predicted octanol–water partition coefficient (Wildman–Crippen LogP) is 4.80. The summed E-state index contributed by atoms with van der Waals surface area (Å²) in [4.78, 5) is 29.7. The summed E-state index contributed by atoms with van der Waals surface area (Å²) in [6.45, 7) is 3.84. The van der Waals surface area contributed by atoms with E-state index in [0.717, 1.165) is 17.0 Å². The van der Waals surface area contributed by atoms with E-state index in [1.807, 2.05) is 36.6 Å². The summed E-state index contributed by atoms with van der Waals surface area (Å²) >= 11 is 6.64. The van der Waals surface area contributed by atoms with Crippen molar-refractivity contribution in [3.05, 3.63) is 86.8 Å². The molecule has 150 valence electrons. The van der Waals surface area contributed by atoms with E-state index in [-0.39, 0.29) is 11.6 Å². The lowest BCUT2D eigenvalue weighted by Crippen LogP contribution is -2.27. The molecule has 3 aromatic rings. The number of rotatable bonds is 4. The minimum Gasteiger partial charge on any atom is -0.318 e. The van der Waals surface area contributed by atoms with Crippen molar-refractivity contribution in [2.24, 2.45) is 0 Å². The first kappa shape index (κ1) is 20.0. The Bertz CT molecular complexity index is 1220. The first-order valence-electron chi connectivity index (χ1n) is 8.98. The molecule has 1 aliphatic rings. The van der Waals surface area contributed by atoms with Crippen molar-refractivity contribution in [2.45, 2.75) is 13.8 Å². The summed E-state index contributed by atoms with van der Waals surface area (Å²) in [6.07, 6.45) is 5.05. The zero-order valence-corrected chi connectivity index (χ0v) is 17.7. The van der Waals surface area contributed by atoms with Crippen LogP contribution in [0.25, 0.3) is 11.8 Å². The first-order chi connectivity index (χ1) is 14.4. The van der Waals surface area contributed by atoms with E-state index in [1.54, 1.807) is 30.6 Å². The van der Waals surface area contributed by atoms with Gasteiger partial charge in [-0.05, 0) is 49.8 Å². The van der Waals surface area contributed by atoms with Crippen LogP contribution in [-0.2, 0) is 4.79 Å². The summed E-state index contributed by atoms with van der Waals surface area (Å²) in [5.74, 6) is -0.196. The smallest absolute Gasteiger partial charge is 0.271 e. The van der Waals surface area contributed by atoms with Gasteiger partial charge in [0.2, 0.25) is 0 Å². The van der Waals surface area contributed by atoms with Gasteiger partial charge in [0.25, 0.3) is 11.6 Å². The predicted molar refractivity (Wildman–Crippen MR) is 122 cm³/mol.